The minimum atomic E-state index is -4.98. The summed E-state index contributed by atoms with van der Waals surface area (Å²) in [6, 6.07) is 24.3. The van der Waals surface area contributed by atoms with Crippen molar-refractivity contribution in [2.24, 2.45) is 0 Å². The van der Waals surface area contributed by atoms with E-state index in [4.69, 9.17) is 16.3 Å². The number of fused-ring (bicyclic) bond motifs is 1. The minimum absolute atomic E-state index is 0.162. The Balaban J connectivity index is 1.50. The Morgan fingerprint density at radius 2 is 1.59 bits per heavy atom. The van der Waals surface area contributed by atoms with Crippen LogP contribution in [-0.4, -0.2) is 19.2 Å². The van der Waals surface area contributed by atoms with Crippen molar-refractivity contribution in [2.75, 3.05) is 0 Å². The molecule has 1 atom stereocenters. The highest BCUT2D eigenvalue weighted by Crippen LogP contribution is 2.39. The maximum absolute atomic E-state index is 14.5. The SMILES string of the molecule is N#Cc1ccc2c(C(NS(=O)(=O)c3ccc(Oc4ccccc4)cc3)C(F)(F)F)cn(Cc3ccc(Cl)cc3)c2c1. The molecule has 5 aromatic rings. The normalized spacial score (nSPS) is 12.7. The van der Waals surface area contributed by atoms with E-state index in [2.05, 4.69) is 0 Å². The van der Waals surface area contributed by atoms with E-state index in [1.165, 1.54) is 48.7 Å². The molecule has 5 rings (SSSR count). The smallest absolute Gasteiger partial charge is 0.408 e. The molecule has 1 unspecified atom stereocenters. The van der Waals surface area contributed by atoms with Crippen molar-refractivity contribution in [1.82, 2.24) is 9.29 Å². The van der Waals surface area contributed by atoms with Crippen LogP contribution in [0.4, 0.5) is 13.2 Å². The summed E-state index contributed by atoms with van der Waals surface area (Å²) in [5.74, 6) is 0.842. The molecule has 0 aliphatic rings. The third-order valence-corrected chi connectivity index (χ3v) is 8.02. The number of ether oxygens (including phenoxy) is 1. The molecule has 1 heterocycles. The molecule has 1 aromatic heterocycles. The summed E-state index contributed by atoms with van der Waals surface area (Å²) in [7, 11) is -4.62. The highest BCUT2D eigenvalue weighted by Gasteiger charge is 2.45. The summed E-state index contributed by atoms with van der Waals surface area (Å²) in [6.07, 6.45) is -3.71. The molecule has 41 heavy (non-hydrogen) atoms. The first-order chi connectivity index (χ1) is 19.5. The molecule has 0 saturated carbocycles. The number of hydrogen-bond acceptors (Lipinski definition) is 4. The zero-order chi connectivity index (χ0) is 29.2. The van der Waals surface area contributed by atoms with E-state index < -0.39 is 22.2 Å². The number of sulfonamides is 1. The number of hydrogen-bond donors (Lipinski definition) is 1. The number of nitrogens with zero attached hydrogens (tertiary/aromatic N) is 2. The summed E-state index contributed by atoms with van der Waals surface area (Å²) < 4.78 is 78.9. The average molecular weight is 596 g/mol. The van der Waals surface area contributed by atoms with E-state index in [1.807, 2.05) is 16.9 Å². The number of rotatable bonds is 8. The second-order valence-corrected chi connectivity index (χ2v) is 11.3. The van der Waals surface area contributed by atoms with E-state index in [-0.39, 0.29) is 28.0 Å². The monoisotopic (exact) mass is 595 g/mol. The number of benzene rings is 4. The Morgan fingerprint density at radius 1 is 0.927 bits per heavy atom. The first-order valence-electron chi connectivity index (χ1n) is 12.2. The van der Waals surface area contributed by atoms with Gasteiger partial charge in [-0.25, -0.2) is 8.42 Å². The highest BCUT2D eigenvalue weighted by molar-refractivity contribution is 7.89. The van der Waals surface area contributed by atoms with E-state index in [0.29, 0.717) is 22.0 Å². The molecular weight excluding hydrogens is 575 g/mol. The number of nitriles is 1. The fourth-order valence-electron chi connectivity index (χ4n) is 4.38. The third-order valence-electron chi connectivity index (χ3n) is 6.33. The van der Waals surface area contributed by atoms with Gasteiger partial charge in [0.15, 0.2) is 0 Å². The van der Waals surface area contributed by atoms with Gasteiger partial charge in [0.2, 0.25) is 10.0 Å². The summed E-state index contributed by atoms with van der Waals surface area (Å²) >= 11 is 5.96. The van der Waals surface area contributed by atoms with Crippen LogP contribution in [0.15, 0.2) is 108 Å². The lowest BCUT2D eigenvalue weighted by Crippen LogP contribution is -2.38. The molecule has 0 amide bonds. The second kappa shape index (κ2) is 11.3. The van der Waals surface area contributed by atoms with Crippen LogP contribution < -0.4 is 9.46 Å². The highest BCUT2D eigenvalue weighted by atomic mass is 35.5. The number of halogens is 4. The van der Waals surface area contributed by atoms with Gasteiger partial charge >= 0.3 is 6.18 Å². The van der Waals surface area contributed by atoms with Crippen LogP contribution >= 0.6 is 11.6 Å². The van der Waals surface area contributed by atoms with Gasteiger partial charge in [-0.05, 0) is 66.2 Å². The molecule has 0 spiro atoms. The maximum atomic E-state index is 14.5. The van der Waals surface area contributed by atoms with Crippen LogP contribution in [0.25, 0.3) is 10.9 Å². The summed E-state index contributed by atoms with van der Waals surface area (Å²) in [5.41, 5.74) is 1.06. The molecule has 0 bridgehead atoms. The standard InChI is InChI=1S/C30H21ClF3N3O3S/c31-22-9-6-20(7-10-22)18-37-19-27(26-15-8-21(17-35)16-28(26)37)29(30(32,33)34)36-41(38,39)25-13-11-24(12-14-25)40-23-4-2-1-3-5-23/h1-16,19,29,36H,18H2. The van der Waals surface area contributed by atoms with Crippen molar-refractivity contribution in [3.63, 3.8) is 0 Å². The molecule has 4 aromatic carbocycles. The second-order valence-electron chi connectivity index (χ2n) is 9.16. The first-order valence-corrected chi connectivity index (χ1v) is 14.1. The van der Waals surface area contributed by atoms with Crippen molar-refractivity contribution < 1.29 is 26.3 Å². The lowest BCUT2D eigenvalue weighted by molar-refractivity contribution is -0.152. The summed E-state index contributed by atoms with van der Waals surface area (Å²) in [4.78, 5) is -0.358. The Labute approximate surface area is 239 Å². The van der Waals surface area contributed by atoms with Crippen LogP contribution in [-0.2, 0) is 16.6 Å². The lowest BCUT2D eigenvalue weighted by Gasteiger charge is -2.21. The van der Waals surface area contributed by atoms with Gasteiger partial charge in [-0.15, -0.1) is 0 Å². The van der Waals surface area contributed by atoms with E-state index in [9.17, 15) is 26.9 Å². The van der Waals surface area contributed by atoms with Crippen molar-refractivity contribution in [2.45, 2.75) is 23.7 Å². The number of nitrogens with one attached hydrogen (secondary N) is 1. The quantitative estimate of drug-likeness (QED) is 0.200. The zero-order valence-electron chi connectivity index (χ0n) is 21.1. The summed E-state index contributed by atoms with van der Waals surface area (Å²) in [6.45, 7) is 0.169. The molecule has 208 valence electrons. The lowest BCUT2D eigenvalue weighted by atomic mass is 10.0. The van der Waals surface area contributed by atoms with Crippen molar-refractivity contribution in [3.05, 3.63) is 125 Å². The molecule has 11 heteroatoms. The Hall–Kier alpha value is -4.30. The van der Waals surface area contributed by atoms with Gasteiger partial charge in [0.1, 0.15) is 17.5 Å². The summed E-state index contributed by atoms with van der Waals surface area (Å²) in [5, 5.41) is 10.0. The van der Waals surface area contributed by atoms with Crippen molar-refractivity contribution >= 4 is 32.5 Å². The molecule has 6 nitrogen and oxygen atoms in total. The van der Waals surface area contributed by atoms with Gasteiger partial charge in [0.25, 0.3) is 0 Å². The Kier molecular flexibility index (Phi) is 7.78. The van der Waals surface area contributed by atoms with E-state index in [1.54, 1.807) is 53.1 Å². The Bertz CT molecular complexity index is 1830. The van der Waals surface area contributed by atoms with Gasteiger partial charge in [-0.3, -0.25) is 0 Å². The fraction of sp³-hybridized carbons (Fsp3) is 0.100. The van der Waals surface area contributed by atoms with Gasteiger partial charge in [-0.1, -0.05) is 48.0 Å². The van der Waals surface area contributed by atoms with Gasteiger partial charge < -0.3 is 9.30 Å². The number of alkyl halides is 3. The van der Waals surface area contributed by atoms with Crippen LogP contribution in [0.5, 0.6) is 11.5 Å². The number of para-hydroxylation sites is 1. The molecule has 0 radical (unpaired) electrons. The van der Waals surface area contributed by atoms with Crippen LogP contribution in [0.3, 0.4) is 0 Å². The van der Waals surface area contributed by atoms with Crippen LogP contribution in [0, 0.1) is 11.3 Å². The molecule has 0 aliphatic heterocycles. The minimum Gasteiger partial charge on any atom is -0.457 e. The zero-order valence-corrected chi connectivity index (χ0v) is 22.7. The van der Waals surface area contributed by atoms with Crippen LogP contribution in [0.2, 0.25) is 5.02 Å². The van der Waals surface area contributed by atoms with E-state index >= 15 is 0 Å². The van der Waals surface area contributed by atoms with Gasteiger partial charge in [0.05, 0.1) is 16.5 Å². The third kappa shape index (κ3) is 6.38. The largest absolute Gasteiger partial charge is 0.457 e. The predicted molar refractivity (Wildman–Crippen MR) is 149 cm³/mol. The fourth-order valence-corrected chi connectivity index (χ4v) is 5.71. The maximum Gasteiger partial charge on any atom is 0.408 e. The molecule has 0 aliphatic carbocycles. The molecule has 0 fully saturated rings. The predicted octanol–water partition coefficient (Wildman–Crippen LogP) is 7.59. The Morgan fingerprint density at radius 3 is 2.22 bits per heavy atom. The topological polar surface area (TPSA) is 84.1 Å². The van der Waals surface area contributed by atoms with Crippen molar-refractivity contribution in [1.29, 1.82) is 5.26 Å². The average Bonchev–Trinajstić information content (AvgIpc) is 3.30. The van der Waals surface area contributed by atoms with Crippen molar-refractivity contribution in [3.8, 4) is 17.6 Å². The molecule has 0 saturated heterocycles. The van der Waals surface area contributed by atoms with E-state index in [0.717, 1.165) is 5.56 Å². The van der Waals surface area contributed by atoms with Gasteiger partial charge in [-0.2, -0.15) is 23.2 Å². The van der Waals surface area contributed by atoms with Gasteiger partial charge in [0, 0.05) is 34.2 Å². The van der Waals surface area contributed by atoms with Crippen LogP contribution in [0.1, 0.15) is 22.7 Å². The first kappa shape index (κ1) is 28.2. The molecule has 1 N–H and O–H groups in total. The number of aromatic nitrogens is 1. The molecular formula is C30H21ClF3N3O3S.